The van der Waals surface area contributed by atoms with Gasteiger partial charge in [-0.1, -0.05) is 11.6 Å². The molecule has 0 fully saturated rings. The molecule has 0 amide bonds. The molecular weight excluding hydrogens is 418 g/mol. The molecule has 136 valence electrons. The van der Waals surface area contributed by atoms with Crippen LogP contribution in [0.25, 0.3) is 0 Å². The van der Waals surface area contributed by atoms with Crippen LogP contribution in [0.15, 0.2) is 53.4 Å². The maximum atomic E-state index is 12.0. The number of sulfonamides is 1. The number of non-ortho nitro benzene ring substituents is 1. The molecule has 26 heavy (non-hydrogen) atoms. The summed E-state index contributed by atoms with van der Waals surface area (Å²) in [4.78, 5) is 19.5. The Balaban J connectivity index is 0.00000338. The fourth-order valence-electron chi connectivity index (χ4n) is 1.69. The molecule has 0 bridgehead atoms. The second-order valence-corrected chi connectivity index (χ2v) is 8.72. The van der Waals surface area contributed by atoms with Crippen molar-refractivity contribution in [2.24, 2.45) is 0 Å². The van der Waals surface area contributed by atoms with Gasteiger partial charge < -0.3 is 9.42 Å². The third-order valence-electron chi connectivity index (χ3n) is 2.87. The fraction of sp³-hybridized carbons (Fsp3) is 0.0769. The minimum atomic E-state index is -4.37. The van der Waals surface area contributed by atoms with Gasteiger partial charge >= 0.3 is 37.2 Å². The molecule has 13 heteroatoms. The average molecular weight is 431 g/mol. The van der Waals surface area contributed by atoms with Gasteiger partial charge in [0.25, 0.3) is 5.69 Å². The Hall–Kier alpha value is -0.970. The number of nitro benzene ring substituents is 1. The van der Waals surface area contributed by atoms with Crippen molar-refractivity contribution in [2.75, 3.05) is 6.29 Å². The summed E-state index contributed by atoms with van der Waals surface area (Å²) in [5, 5.41) is 10.9. The zero-order valence-corrected chi connectivity index (χ0v) is 14.9. The molecule has 0 spiro atoms. The average Bonchev–Trinajstić information content (AvgIpc) is 2.54. The normalized spacial score (nSPS) is 13.3. The van der Waals surface area contributed by atoms with Gasteiger partial charge in [0.2, 0.25) is 10.0 Å². The molecule has 9 nitrogen and oxygen atoms in total. The van der Waals surface area contributed by atoms with Crippen molar-refractivity contribution in [1.82, 2.24) is 4.72 Å². The monoisotopic (exact) mass is 430 g/mol. The van der Waals surface area contributed by atoms with Crippen molar-refractivity contribution in [1.29, 1.82) is 0 Å². The van der Waals surface area contributed by atoms with Crippen molar-refractivity contribution >= 4 is 64.5 Å². The SMILES string of the molecule is O=[N+]([O-])c1ccc(OP(=O)(O)CNS(=O)(=O)c2ccc(Cl)cc2)cc1.[NaH]. The Morgan fingerprint density at radius 3 is 2.19 bits per heavy atom. The van der Waals surface area contributed by atoms with Crippen molar-refractivity contribution < 1.29 is 27.3 Å². The topological polar surface area (TPSA) is 136 Å². The van der Waals surface area contributed by atoms with Crippen molar-refractivity contribution in [3.8, 4) is 5.75 Å². The first-order valence-electron chi connectivity index (χ1n) is 6.60. The van der Waals surface area contributed by atoms with Gasteiger partial charge in [-0.05, 0) is 36.4 Å². The van der Waals surface area contributed by atoms with Crippen LogP contribution in [0.5, 0.6) is 5.75 Å². The third kappa shape index (κ3) is 6.64. The Bertz CT molecular complexity index is 923. The number of rotatable bonds is 7. The number of halogens is 1. The van der Waals surface area contributed by atoms with E-state index in [2.05, 4.69) is 0 Å². The van der Waals surface area contributed by atoms with Gasteiger partial charge in [0.1, 0.15) is 12.0 Å². The van der Waals surface area contributed by atoms with Crippen LogP contribution < -0.4 is 9.25 Å². The van der Waals surface area contributed by atoms with E-state index in [-0.39, 0.29) is 45.9 Å². The molecule has 2 N–H and O–H groups in total. The van der Waals surface area contributed by atoms with Crippen molar-refractivity contribution in [3.63, 3.8) is 0 Å². The van der Waals surface area contributed by atoms with Gasteiger partial charge in [-0.3, -0.25) is 10.1 Å². The first-order valence-corrected chi connectivity index (χ1v) is 10.2. The number of nitrogens with one attached hydrogen (secondary N) is 1. The van der Waals surface area contributed by atoms with E-state index >= 15 is 0 Å². The summed E-state index contributed by atoms with van der Waals surface area (Å²) in [5.74, 6) is -0.109. The van der Waals surface area contributed by atoms with E-state index in [9.17, 15) is 28.0 Å². The van der Waals surface area contributed by atoms with Crippen molar-refractivity contribution in [2.45, 2.75) is 4.90 Å². The minimum absolute atomic E-state index is 0. The van der Waals surface area contributed by atoms with Crippen LogP contribution in [0, 0.1) is 10.1 Å². The molecular formula is C13H13ClN2NaO7PS. The summed E-state index contributed by atoms with van der Waals surface area (Å²) < 4.78 is 42.9. The summed E-state index contributed by atoms with van der Waals surface area (Å²) >= 11 is 5.67. The molecule has 0 saturated carbocycles. The van der Waals surface area contributed by atoms with Crippen LogP contribution in [0.1, 0.15) is 0 Å². The first kappa shape index (κ1) is 23.1. The molecule has 0 heterocycles. The van der Waals surface area contributed by atoms with Crippen molar-refractivity contribution in [3.05, 3.63) is 63.7 Å². The molecule has 0 aliphatic rings. The molecule has 1 unspecified atom stereocenters. The van der Waals surface area contributed by atoms with Gasteiger partial charge in [0, 0.05) is 17.2 Å². The van der Waals surface area contributed by atoms with E-state index < -0.39 is 28.8 Å². The van der Waals surface area contributed by atoms with E-state index in [1.165, 1.54) is 24.3 Å². The second kappa shape index (κ2) is 9.29. The Labute approximate surface area is 176 Å². The Morgan fingerprint density at radius 2 is 1.69 bits per heavy atom. The number of nitrogens with zero attached hydrogens (tertiary/aromatic N) is 1. The van der Waals surface area contributed by atoms with E-state index in [0.717, 1.165) is 24.3 Å². The molecule has 0 aliphatic carbocycles. The number of hydrogen-bond donors (Lipinski definition) is 2. The molecule has 2 aromatic carbocycles. The van der Waals surface area contributed by atoms with Crippen LogP contribution in [-0.4, -0.2) is 54.1 Å². The number of hydrogen-bond acceptors (Lipinski definition) is 6. The predicted molar refractivity (Wildman–Crippen MR) is 97.3 cm³/mol. The van der Waals surface area contributed by atoms with Crippen LogP contribution >= 0.6 is 19.2 Å². The van der Waals surface area contributed by atoms with Crippen LogP contribution in [-0.2, 0) is 14.6 Å². The summed E-state index contributed by atoms with van der Waals surface area (Å²) in [5.41, 5.74) is -0.219. The van der Waals surface area contributed by atoms with E-state index in [1.54, 1.807) is 0 Å². The predicted octanol–water partition coefficient (Wildman–Crippen LogP) is 2.10. The number of nitro groups is 1. The molecule has 0 aromatic heterocycles. The zero-order valence-electron chi connectivity index (χ0n) is 12.4. The fourth-order valence-corrected chi connectivity index (χ4v) is 4.32. The van der Waals surface area contributed by atoms with Gasteiger partial charge in [-0.2, -0.15) is 4.72 Å². The van der Waals surface area contributed by atoms with Gasteiger partial charge in [-0.25, -0.2) is 13.0 Å². The summed E-state index contributed by atoms with van der Waals surface area (Å²) in [6, 6.07) is 9.65. The summed E-state index contributed by atoms with van der Waals surface area (Å²) in [7, 11) is -8.40. The third-order valence-corrected chi connectivity index (χ3v) is 5.81. The molecule has 0 aliphatic heterocycles. The van der Waals surface area contributed by atoms with E-state index in [0.29, 0.717) is 5.02 Å². The van der Waals surface area contributed by atoms with E-state index in [4.69, 9.17) is 16.1 Å². The van der Waals surface area contributed by atoms with Gasteiger partial charge in [0.05, 0.1) is 9.82 Å². The summed E-state index contributed by atoms with van der Waals surface area (Å²) in [6.07, 6.45) is -0.880. The van der Waals surface area contributed by atoms with Crippen LogP contribution in [0.3, 0.4) is 0 Å². The molecule has 0 radical (unpaired) electrons. The van der Waals surface area contributed by atoms with Crippen LogP contribution in [0.2, 0.25) is 5.02 Å². The summed E-state index contributed by atoms with van der Waals surface area (Å²) in [6.45, 7) is 0. The molecule has 2 aromatic rings. The molecule has 1 atom stereocenters. The Kier molecular flexibility index (Phi) is 8.25. The van der Waals surface area contributed by atoms with Gasteiger partial charge in [-0.15, -0.1) is 0 Å². The Morgan fingerprint density at radius 1 is 1.15 bits per heavy atom. The molecule has 2 rings (SSSR count). The van der Waals surface area contributed by atoms with Gasteiger partial charge in [0.15, 0.2) is 0 Å². The van der Waals surface area contributed by atoms with Crippen LogP contribution in [0.4, 0.5) is 5.69 Å². The standard InChI is InChI=1S/C13H12ClN2O7PS.Na.H/c14-10-1-7-13(8-2-10)25(21,22)15-9-24(19,20)23-12-5-3-11(4-6-12)16(17)18;;/h1-8,15H,9H2,(H,19,20);;. The quantitative estimate of drug-likeness (QED) is 0.297. The first-order chi connectivity index (χ1) is 11.6. The zero-order chi connectivity index (χ0) is 18.7. The second-order valence-electron chi connectivity index (χ2n) is 4.74. The molecule has 0 saturated heterocycles. The number of benzene rings is 2. The maximum absolute atomic E-state index is 12.0. The van der Waals surface area contributed by atoms with E-state index in [1.807, 2.05) is 4.72 Å².